The van der Waals surface area contributed by atoms with E-state index in [1.807, 2.05) is 0 Å². The third-order valence-electron chi connectivity index (χ3n) is 6.97. The first kappa shape index (κ1) is 20.0. The van der Waals surface area contributed by atoms with Crippen LogP contribution in [-0.2, 0) is 12.0 Å². The summed E-state index contributed by atoms with van der Waals surface area (Å²) in [4.78, 5) is 2.27. The Morgan fingerprint density at radius 2 is 1.42 bits per heavy atom. The molecule has 2 heteroatoms. The molecular weight excluding hydrogens is 378 g/mol. The van der Waals surface area contributed by atoms with Gasteiger partial charge in [0.1, 0.15) is 5.60 Å². The molecule has 0 spiro atoms. The number of aryl methyl sites for hydroxylation is 1. The highest BCUT2D eigenvalue weighted by Crippen LogP contribution is 2.52. The van der Waals surface area contributed by atoms with Crippen LogP contribution in [0.5, 0.6) is 0 Å². The standard InChI is InChI=1S/C29H29NO/c1-30(2)28(23-13-4-3-5-14-23)27-20-19-22-12-7-9-17-25(22)29(27,31)26-18-10-15-21-11-6-8-16-24(21)26/h3-18,27-28,31H,19-20H2,1-2H3/t27-,28-,29+/m0/s1. The summed E-state index contributed by atoms with van der Waals surface area (Å²) in [6, 6.07) is 33.9. The van der Waals surface area contributed by atoms with Gasteiger partial charge in [-0.1, -0.05) is 97.1 Å². The predicted octanol–water partition coefficient (Wildman–Crippen LogP) is 5.94. The van der Waals surface area contributed by atoms with Crippen LogP contribution in [0.25, 0.3) is 10.8 Å². The number of benzene rings is 4. The monoisotopic (exact) mass is 407 g/mol. The fraction of sp³-hybridized carbons (Fsp3) is 0.241. The molecule has 0 unspecified atom stereocenters. The van der Waals surface area contributed by atoms with Gasteiger partial charge in [-0.05, 0) is 60.0 Å². The molecule has 0 aromatic heterocycles. The van der Waals surface area contributed by atoms with Gasteiger partial charge in [0.05, 0.1) is 0 Å². The van der Waals surface area contributed by atoms with Crippen molar-refractivity contribution in [1.82, 2.24) is 4.90 Å². The van der Waals surface area contributed by atoms with Crippen LogP contribution in [0, 0.1) is 5.92 Å². The van der Waals surface area contributed by atoms with E-state index in [9.17, 15) is 5.11 Å². The van der Waals surface area contributed by atoms with E-state index >= 15 is 0 Å². The summed E-state index contributed by atoms with van der Waals surface area (Å²) in [5, 5.41) is 15.1. The zero-order valence-electron chi connectivity index (χ0n) is 18.2. The molecule has 0 saturated carbocycles. The molecule has 1 N–H and O–H groups in total. The maximum atomic E-state index is 12.8. The van der Waals surface area contributed by atoms with Gasteiger partial charge in [-0.3, -0.25) is 0 Å². The average molecular weight is 408 g/mol. The van der Waals surface area contributed by atoms with Gasteiger partial charge in [0, 0.05) is 12.0 Å². The van der Waals surface area contributed by atoms with Crippen LogP contribution in [0.4, 0.5) is 0 Å². The van der Waals surface area contributed by atoms with E-state index in [0.717, 1.165) is 34.7 Å². The summed E-state index contributed by atoms with van der Waals surface area (Å²) in [5.41, 5.74) is 3.46. The minimum atomic E-state index is -1.08. The van der Waals surface area contributed by atoms with Gasteiger partial charge in [0.2, 0.25) is 0 Å². The van der Waals surface area contributed by atoms with Crippen molar-refractivity contribution in [1.29, 1.82) is 0 Å². The first-order valence-corrected chi connectivity index (χ1v) is 11.1. The van der Waals surface area contributed by atoms with Crippen molar-refractivity contribution in [2.24, 2.45) is 5.92 Å². The van der Waals surface area contributed by atoms with Crippen LogP contribution in [0.2, 0.25) is 0 Å². The highest BCUT2D eigenvalue weighted by atomic mass is 16.3. The lowest BCUT2D eigenvalue weighted by Crippen LogP contribution is -2.46. The summed E-state index contributed by atoms with van der Waals surface area (Å²) in [7, 11) is 4.25. The summed E-state index contributed by atoms with van der Waals surface area (Å²) in [6.45, 7) is 0. The van der Waals surface area contributed by atoms with E-state index in [1.54, 1.807) is 0 Å². The number of fused-ring (bicyclic) bond motifs is 2. The average Bonchev–Trinajstić information content (AvgIpc) is 2.81. The van der Waals surface area contributed by atoms with Crippen molar-refractivity contribution < 1.29 is 5.11 Å². The zero-order valence-corrected chi connectivity index (χ0v) is 18.2. The minimum Gasteiger partial charge on any atom is -0.380 e. The van der Waals surface area contributed by atoms with Gasteiger partial charge in [-0.2, -0.15) is 0 Å². The number of nitrogens with zero attached hydrogens (tertiary/aromatic N) is 1. The second-order valence-corrected chi connectivity index (χ2v) is 8.91. The molecule has 0 heterocycles. The van der Waals surface area contributed by atoms with Crippen LogP contribution in [0.3, 0.4) is 0 Å². The van der Waals surface area contributed by atoms with Crippen molar-refractivity contribution in [3.05, 3.63) is 119 Å². The number of rotatable bonds is 4. The minimum absolute atomic E-state index is 0.0191. The lowest BCUT2D eigenvalue weighted by molar-refractivity contribution is -0.0323. The van der Waals surface area contributed by atoms with Crippen molar-refractivity contribution in [2.45, 2.75) is 24.5 Å². The Morgan fingerprint density at radius 3 is 2.23 bits per heavy atom. The van der Waals surface area contributed by atoms with Crippen LogP contribution in [-0.4, -0.2) is 24.1 Å². The smallest absolute Gasteiger partial charge is 0.120 e. The predicted molar refractivity (Wildman–Crippen MR) is 128 cm³/mol. The quantitative estimate of drug-likeness (QED) is 0.452. The molecule has 0 aliphatic heterocycles. The molecule has 156 valence electrons. The molecule has 0 radical (unpaired) electrons. The summed E-state index contributed by atoms with van der Waals surface area (Å²) in [6.07, 6.45) is 1.90. The Labute approximate surface area is 184 Å². The molecular formula is C29H29NO. The van der Waals surface area contributed by atoms with Crippen LogP contribution in [0.15, 0.2) is 97.1 Å². The van der Waals surface area contributed by atoms with Gasteiger partial charge in [-0.25, -0.2) is 0 Å². The first-order chi connectivity index (χ1) is 15.1. The Morgan fingerprint density at radius 1 is 0.774 bits per heavy atom. The normalized spacial score (nSPS) is 21.7. The van der Waals surface area contributed by atoms with Gasteiger partial charge < -0.3 is 10.0 Å². The molecule has 2 nitrogen and oxygen atoms in total. The SMILES string of the molecule is CN(C)[C@@H](c1ccccc1)[C@@H]1CCc2ccccc2[C@@]1(O)c1cccc2ccccc12. The number of hydrogen-bond donors (Lipinski definition) is 1. The third kappa shape index (κ3) is 3.27. The van der Waals surface area contributed by atoms with Crippen molar-refractivity contribution in [3.8, 4) is 0 Å². The molecule has 0 saturated heterocycles. The van der Waals surface area contributed by atoms with Crippen molar-refractivity contribution in [2.75, 3.05) is 14.1 Å². The van der Waals surface area contributed by atoms with Crippen LogP contribution < -0.4 is 0 Å². The Kier molecular flexibility index (Phi) is 5.13. The lowest BCUT2D eigenvalue weighted by atomic mass is 9.63. The maximum Gasteiger partial charge on any atom is 0.120 e. The van der Waals surface area contributed by atoms with E-state index in [-0.39, 0.29) is 12.0 Å². The Bertz CT molecular complexity index is 1190. The molecule has 4 aromatic carbocycles. The van der Waals surface area contributed by atoms with Gasteiger partial charge >= 0.3 is 0 Å². The molecule has 0 amide bonds. The molecule has 0 fully saturated rings. The zero-order chi connectivity index (χ0) is 21.4. The van der Waals surface area contributed by atoms with E-state index in [4.69, 9.17) is 0 Å². The summed E-state index contributed by atoms with van der Waals surface area (Å²) < 4.78 is 0. The highest BCUT2D eigenvalue weighted by molar-refractivity contribution is 5.87. The molecule has 1 aliphatic carbocycles. The summed E-state index contributed by atoms with van der Waals surface area (Å²) >= 11 is 0. The van der Waals surface area contributed by atoms with E-state index in [1.165, 1.54) is 11.1 Å². The molecule has 31 heavy (non-hydrogen) atoms. The van der Waals surface area contributed by atoms with Gasteiger partial charge in [0.25, 0.3) is 0 Å². The first-order valence-electron chi connectivity index (χ1n) is 11.1. The highest BCUT2D eigenvalue weighted by Gasteiger charge is 2.49. The largest absolute Gasteiger partial charge is 0.380 e. The fourth-order valence-corrected chi connectivity index (χ4v) is 5.66. The molecule has 0 bridgehead atoms. The second kappa shape index (κ2) is 7.96. The molecule has 1 aliphatic rings. The summed E-state index contributed by atoms with van der Waals surface area (Å²) in [5.74, 6) is 0.0191. The van der Waals surface area contributed by atoms with Gasteiger partial charge in [0.15, 0.2) is 0 Å². The topological polar surface area (TPSA) is 23.5 Å². The molecule has 5 rings (SSSR count). The van der Waals surface area contributed by atoms with Crippen LogP contribution in [0.1, 0.15) is 34.7 Å². The lowest BCUT2D eigenvalue weighted by Gasteiger charge is -2.48. The number of hydrogen-bond acceptors (Lipinski definition) is 2. The second-order valence-electron chi connectivity index (χ2n) is 8.91. The van der Waals surface area contributed by atoms with Gasteiger partial charge in [-0.15, -0.1) is 0 Å². The van der Waals surface area contributed by atoms with Crippen molar-refractivity contribution in [3.63, 3.8) is 0 Å². The molecule has 3 atom stereocenters. The molecule has 4 aromatic rings. The van der Waals surface area contributed by atoms with E-state index in [2.05, 4.69) is 116 Å². The Hall–Kier alpha value is -2.94. The van der Waals surface area contributed by atoms with E-state index in [0.29, 0.717) is 0 Å². The fourth-order valence-electron chi connectivity index (χ4n) is 5.66. The maximum absolute atomic E-state index is 12.8. The van der Waals surface area contributed by atoms with Crippen molar-refractivity contribution >= 4 is 10.8 Å². The third-order valence-corrected chi connectivity index (χ3v) is 6.97. The van der Waals surface area contributed by atoms with E-state index < -0.39 is 5.60 Å². The number of aliphatic hydroxyl groups is 1. The Balaban J connectivity index is 1.79. The van der Waals surface area contributed by atoms with Crippen LogP contribution >= 0.6 is 0 Å².